The van der Waals surface area contributed by atoms with Gasteiger partial charge in [0.25, 0.3) is 0 Å². The summed E-state index contributed by atoms with van der Waals surface area (Å²) in [6.45, 7) is 4.73. The van der Waals surface area contributed by atoms with Crippen LogP contribution >= 0.6 is 0 Å². The van der Waals surface area contributed by atoms with Gasteiger partial charge in [-0.2, -0.15) is 0 Å². The fraction of sp³-hybridized carbons (Fsp3) is 0.600. The molecular weight excluding hydrogens is 395 g/mol. The Morgan fingerprint density at radius 2 is 1.81 bits per heavy atom. The normalized spacial score (nSPS) is 25.8. The third kappa shape index (κ3) is 5.74. The van der Waals surface area contributed by atoms with Crippen LogP contribution in [0.3, 0.4) is 0 Å². The molecule has 0 amide bonds. The number of fused-ring (bicyclic) bond motifs is 2. The molecule has 2 aromatic carbocycles. The zero-order valence-corrected chi connectivity index (χ0v) is 20.1. The van der Waals surface area contributed by atoms with Crippen LogP contribution in [-0.4, -0.2) is 6.61 Å². The number of rotatable bonds is 9. The summed E-state index contributed by atoms with van der Waals surface area (Å²) in [6, 6.07) is 9.95. The quantitative estimate of drug-likeness (QED) is 0.281. The second kappa shape index (κ2) is 11.3. The van der Waals surface area contributed by atoms with Gasteiger partial charge in [-0.15, -0.1) is 0 Å². The highest BCUT2D eigenvalue weighted by Gasteiger charge is 2.35. The summed E-state index contributed by atoms with van der Waals surface area (Å²) in [5.74, 6) is 3.81. The Kier molecular flexibility index (Phi) is 8.27. The number of hydrogen-bond donors (Lipinski definition) is 0. The van der Waals surface area contributed by atoms with Gasteiger partial charge in [-0.25, -0.2) is 4.39 Å². The van der Waals surface area contributed by atoms with E-state index < -0.39 is 0 Å². The lowest BCUT2D eigenvalue weighted by Gasteiger charge is -2.42. The fourth-order valence-electron chi connectivity index (χ4n) is 6.29. The number of halogens is 1. The van der Waals surface area contributed by atoms with Gasteiger partial charge >= 0.3 is 0 Å². The molecular formula is C30H41FO. The van der Waals surface area contributed by atoms with Gasteiger partial charge in [-0.3, -0.25) is 0 Å². The predicted octanol–water partition coefficient (Wildman–Crippen LogP) is 9.20. The van der Waals surface area contributed by atoms with Crippen molar-refractivity contribution < 1.29 is 9.13 Å². The molecule has 2 unspecified atom stereocenters. The van der Waals surface area contributed by atoms with Crippen molar-refractivity contribution in [3.05, 3.63) is 53.9 Å². The van der Waals surface area contributed by atoms with Crippen molar-refractivity contribution in [2.24, 2.45) is 17.8 Å². The molecule has 174 valence electrons. The molecule has 0 bridgehead atoms. The Morgan fingerprint density at radius 1 is 0.969 bits per heavy atom. The molecule has 0 spiro atoms. The Morgan fingerprint density at radius 3 is 2.66 bits per heavy atom. The van der Waals surface area contributed by atoms with E-state index in [1.165, 1.54) is 82.3 Å². The van der Waals surface area contributed by atoms with Crippen LogP contribution in [0.1, 0.15) is 96.0 Å². The number of ether oxygens (including phenoxy) is 1. The van der Waals surface area contributed by atoms with Gasteiger partial charge in [0.05, 0.1) is 0 Å². The lowest BCUT2D eigenvalue weighted by atomic mass is 9.63. The van der Waals surface area contributed by atoms with Crippen LogP contribution in [0.15, 0.2) is 42.5 Å². The molecule has 0 aliphatic heterocycles. The van der Waals surface area contributed by atoms with Crippen molar-refractivity contribution in [2.45, 2.75) is 90.4 Å². The third-order valence-electron chi connectivity index (χ3n) is 8.14. The molecule has 4 rings (SSSR count). The molecule has 2 heteroatoms. The summed E-state index contributed by atoms with van der Waals surface area (Å²) in [5.41, 5.74) is 1.33. The van der Waals surface area contributed by atoms with E-state index in [0.29, 0.717) is 18.3 Å². The largest absolute Gasteiger partial charge is 0.489 e. The number of allylic oxidation sites excluding steroid dienone is 1. The molecule has 2 aliphatic carbocycles. The smallest absolute Gasteiger partial charge is 0.134 e. The van der Waals surface area contributed by atoms with Gasteiger partial charge in [0.15, 0.2) is 0 Å². The maximum absolute atomic E-state index is 14.9. The molecule has 4 atom stereocenters. The van der Waals surface area contributed by atoms with Crippen molar-refractivity contribution in [2.75, 3.05) is 6.61 Å². The molecule has 1 nitrogen and oxygen atoms in total. The summed E-state index contributed by atoms with van der Waals surface area (Å²) in [7, 11) is 0. The van der Waals surface area contributed by atoms with E-state index in [1.807, 2.05) is 25.1 Å². The monoisotopic (exact) mass is 436 g/mol. The standard InChI is InChI=1S/C30H41FO/c1-3-5-7-8-9-22-10-11-24-18-25(13-12-23(24)17-22)26-14-15-27-19-28(32-16-6-4-2)21-30(31)29(27)20-26/h4,6,14-15,19-25H,3,5,7-13,16-18H2,1-2H3/b6-4+/t22?,23-,24?,25-/m1/s1. The number of benzene rings is 2. The Bertz CT molecular complexity index is 901. The van der Waals surface area contributed by atoms with E-state index >= 15 is 0 Å². The van der Waals surface area contributed by atoms with E-state index in [1.54, 1.807) is 0 Å². The minimum absolute atomic E-state index is 0.169. The van der Waals surface area contributed by atoms with Crippen LogP contribution in [0, 0.1) is 23.6 Å². The van der Waals surface area contributed by atoms with E-state index in [0.717, 1.165) is 28.5 Å². The first kappa shape index (κ1) is 23.3. The molecule has 32 heavy (non-hydrogen) atoms. The van der Waals surface area contributed by atoms with Crippen LogP contribution in [0.4, 0.5) is 4.39 Å². The molecule has 0 aromatic heterocycles. The van der Waals surface area contributed by atoms with Crippen molar-refractivity contribution in [3.63, 3.8) is 0 Å². The van der Waals surface area contributed by atoms with Crippen LogP contribution in [0.25, 0.3) is 10.8 Å². The van der Waals surface area contributed by atoms with Gasteiger partial charge < -0.3 is 4.74 Å². The maximum atomic E-state index is 14.9. The minimum atomic E-state index is -0.169. The van der Waals surface area contributed by atoms with Crippen LogP contribution in [0.2, 0.25) is 0 Å². The van der Waals surface area contributed by atoms with Gasteiger partial charge in [0, 0.05) is 11.5 Å². The Balaban J connectivity index is 1.37. The number of unbranched alkanes of at least 4 members (excludes halogenated alkanes) is 3. The molecule has 0 heterocycles. The molecule has 2 fully saturated rings. The van der Waals surface area contributed by atoms with E-state index in [4.69, 9.17) is 4.74 Å². The SMILES string of the molecule is C/C=C/COc1cc(F)c2cc([C@@H]3CC[C@@H]4CC(CCCCCC)CCC4C3)ccc2c1. The van der Waals surface area contributed by atoms with Crippen LogP contribution in [-0.2, 0) is 0 Å². The summed E-state index contributed by atoms with van der Waals surface area (Å²) < 4.78 is 20.5. The van der Waals surface area contributed by atoms with Crippen LogP contribution < -0.4 is 4.74 Å². The van der Waals surface area contributed by atoms with Crippen LogP contribution in [0.5, 0.6) is 5.75 Å². The van der Waals surface area contributed by atoms with Gasteiger partial charge in [0.1, 0.15) is 18.2 Å². The first-order valence-corrected chi connectivity index (χ1v) is 13.1. The third-order valence-corrected chi connectivity index (χ3v) is 8.14. The zero-order valence-electron chi connectivity index (χ0n) is 20.1. The maximum Gasteiger partial charge on any atom is 0.134 e. The fourth-order valence-corrected chi connectivity index (χ4v) is 6.29. The molecule has 2 aliphatic rings. The summed E-state index contributed by atoms with van der Waals surface area (Å²) in [4.78, 5) is 0. The first-order valence-electron chi connectivity index (χ1n) is 13.1. The van der Waals surface area contributed by atoms with Crippen molar-refractivity contribution >= 4 is 10.8 Å². The molecule has 2 saturated carbocycles. The first-order chi connectivity index (χ1) is 15.7. The molecule has 0 saturated heterocycles. The summed E-state index contributed by atoms with van der Waals surface area (Å²) >= 11 is 0. The van der Waals surface area contributed by atoms with Gasteiger partial charge in [-0.05, 0) is 85.8 Å². The minimum Gasteiger partial charge on any atom is -0.489 e. The van der Waals surface area contributed by atoms with E-state index in [-0.39, 0.29) is 5.82 Å². The lowest BCUT2D eigenvalue weighted by Crippen LogP contribution is -2.30. The average Bonchev–Trinajstić information content (AvgIpc) is 2.81. The lowest BCUT2D eigenvalue weighted by molar-refractivity contribution is 0.113. The highest BCUT2D eigenvalue weighted by molar-refractivity contribution is 5.85. The Labute approximate surface area is 194 Å². The van der Waals surface area contributed by atoms with E-state index in [2.05, 4.69) is 25.1 Å². The van der Waals surface area contributed by atoms with E-state index in [9.17, 15) is 4.39 Å². The number of hydrogen-bond acceptors (Lipinski definition) is 1. The molecule has 2 aromatic rings. The van der Waals surface area contributed by atoms with Gasteiger partial charge in [-0.1, -0.05) is 69.7 Å². The second-order valence-electron chi connectivity index (χ2n) is 10.3. The summed E-state index contributed by atoms with van der Waals surface area (Å²) in [5, 5.41) is 1.67. The van der Waals surface area contributed by atoms with Crippen molar-refractivity contribution in [3.8, 4) is 5.75 Å². The Hall–Kier alpha value is -1.83. The highest BCUT2D eigenvalue weighted by atomic mass is 19.1. The average molecular weight is 437 g/mol. The predicted molar refractivity (Wildman–Crippen MR) is 134 cm³/mol. The highest BCUT2D eigenvalue weighted by Crippen LogP contribution is 2.48. The molecule has 0 N–H and O–H groups in total. The second-order valence-corrected chi connectivity index (χ2v) is 10.3. The van der Waals surface area contributed by atoms with Crippen molar-refractivity contribution in [1.82, 2.24) is 0 Å². The van der Waals surface area contributed by atoms with Crippen molar-refractivity contribution in [1.29, 1.82) is 0 Å². The zero-order chi connectivity index (χ0) is 22.3. The molecule has 0 radical (unpaired) electrons. The topological polar surface area (TPSA) is 9.23 Å². The summed E-state index contributed by atoms with van der Waals surface area (Å²) in [6.07, 6.45) is 19.2. The van der Waals surface area contributed by atoms with Gasteiger partial charge in [0.2, 0.25) is 0 Å².